The summed E-state index contributed by atoms with van der Waals surface area (Å²) >= 11 is 0. The fourth-order valence-electron chi connectivity index (χ4n) is 1.72. The van der Waals surface area contributed by atoms with Gasteiger partial charge in [0.15, 0.2) is 0 Å². The topological polar surface area (TPSA) is 81.3 Å². The molecule has 0 bridgehead atoms. The Hall–Kier alpha value is -3.06. The van der Waals surface area contributed by atoms with Crippen molar-refractivity contribution in [2.24, 2.45) is 0 Å². The summed E-state index contributed by atoms with van der Waals surface area (Å²) in [5.41, 5.74) is 0.489. The van der Waals surface area contributed by atoms with E-state index in [1.165, 1.54) is 18.2 Å². The quantitative estimate of drug-likeness (QED) is 0.387. The highest BCUT2D eigenvalue weighted by Gasteiger charge is 2.16. The van der Waals surface area contributed by atoms with Crippen LogP contribution in [-0.2, 0) is 0 Å². The van der Waals surface area contributed by atoms with Crippen molar-refractivity contribution in [1.29, 1.82) is 5.26 Å². The molecule has 0 saturated carbocycles. The highest BCUT2D eigenvalue weighted by Crippen LogP contribution is 2.25. The Morgan fingerprint density at radius 2 is 1.80 bits per heavy atom. The smallest absolute Gasteiger partial charge is 0.207 e. The van der Waals surface area contributed by atoms with Crippen LogP contribution in [0.4, 0.5) is 0 Å². The van der Waals surface area contributed by atoms with Crippen molar-refractivity contribution in [3.63, 3.8) is 0 Å². The van der Waals surface area contributed by atoms with Crippen molar-refractivity contribution >= 4 is 11.9 Å². The summed E-state index contributed by atoms with van der Waals surface area (Å²) in [5.74, 6) is -1.06. The molecule has 0 radical (unpaired) electrons. The average molecular weight is 265 g/mol. The molecule has 98 valence electrons. The number of carbonyl (C=O) groups excluding carboxylic acids is 1. The third-order valence-electron chi connectivity index (χ3n) is 2.70. The van der Waals surface area contributed by atoms with Crippen molar-refractivity contribution in [2.45, 2.75) is 0 Å². The molecule has 20 heavy (non-hydrogen) atoms. The number of carbonyl (C=O) groups is 1. The van der Waals surface area contributed by atoms with Crippen LogP contribution in [-0.4, -0.2) is 16.0 Å². The number of nitrogens with zero attached hydrogens (tertiary/aromatic N) is 1. The SMILES string of the molecule is N#CC(=Cc1ccccc1)C(=O)c1cc(O)ccc1O. The van der Waals surface area contributed by atoms with E-state index in [2.05, 4.69) is 0 Å². The van der Waals surface area contributed by atoms with Crippen LogP contribution in [0.3, 0.4) is 0 Å². The van der Waals surface area contributed by atoms with Gasteiger partial charge in [0, 0.05) is 0 Å². The lowest BCUT2D eigenvalue weighted by Crippen LogP contribution is -2.02. The summed E-state index contributed by atoms with van der Waals surface area (Å²) in [6.45, 7) is 0. The number of hydrogen-bond donors (Lipinski definition) is 2. The molecule has 0 aliphatic heterocycles. The lowest BCUT2D eigenvalue weighted by atomic mass is 10.0. The zero-order valence-corrected chi connectivity index (χ0v) is 10.4. The summed E-state index contributed by atoms with van der Waals surface area (Å²) in [5, 5.41) is 28.1. The Morgan fingerprint density at radius 1 is 1.10 bits per heavy atom. The number of aromatic hydroxyl groups is 2. The van der Waals surface area contributed by atoms with Gasteiger partial charge in [-0.25, -0.2) is 0 Å². The molecule has 0 aromatic heterocycles. The Morgan fingerprint density at radius 3 is 2.45 bits per heavy atom. The molecule has 4 nitrogen and oxygen atoms in total. The summed E-state index contributed by atoms with van der Waals surface area (Å²) in [6, 6.07) is 14.3. The monoisotopic (exact) mass is 265 g/mol. The van der Waals surface area contributed by atoms with Gasteiger partial charge >= 0.3 is 0 Å². The van der Waals surface area contributed by atoms with E-state index in [1.54, 1.807) is 24.3 Å². The number of phenolic OH excluding ortho intramolecular Hbond substituents is 2. The zero-order valence-electron chi connectivity index (χ0n) is 10.4. The second kappa shape index (κ2) is 5.72. The van der Waals surface area contributed by atoms with Crippen LogP contribution in [0.5, 0.6) is 11.5 Å². The summed E-state index contributed by atoms with van der Waals surface area (Å²) < 4.78 is 0. The van der Waals surface area contributed by atoms with E-state index in [1.807, 2.05) is 12.1 Å². The standard InChI is InChI=1S/C16H11NO3/c17-10-12(8-11-4-2-1-3-5-11)16(20)14-9-13(18)6-7-15(14)19/h1-9,18-19H. The number of benzene rings is 2. The predicted molar refractivity (Wildman–Crippen MR) is 74.1 cm³/mol. The van der Waals surface area contributed by atoms with Gasteiger partial charge in [0.1, 0.15) is 23.1 Å². The Bertz CT molecular complexity index is 712. The average Bonchev–Trinajstić information content (AvgIpc) is 2.47. The summed E-state index contributed by atoms with van der Waals surface area (Å²) in [6.07, 6.45) is 1.44. The van der Waals surface area contributed by atoms with E-state index in [-0.39, 0.29) is 22.6 Å². The number of ketones is 1. The second-order valence-corrected chi connectivity index (χ2v) is 4.11. The van der Waals surface area contributed by atoms with Crippen LogP contribution in [0, 0.1) is 11.3 Å². The largest absolute Gasteiger partial charge is 0.508 e. The molecule has 0 amide bonds. The molecule has 0 saturated heterocycles. The molecule has 0 spiro atoms. The van der Waals surface area contributed by atoms with Gasteiger partial charge < -0.3 is 10.2 Å². The molecule has 2 N–H and O–H groups in total. The van der Waals surface area contributed by atoms with Gasteiger partial charge in [-0.15, -0.1) is 0 Å². The zero-order chi connectivity index (χ0) is 14.5. The molecule has 0 aliphatic rings. The number of rotatable bonds is 3. The predicted octanol–water partition coefficient (Wildman–Crippen LogP) is 2.89. The number of allylic oxidation sites excluding steroid dienone is 1. The number of phenols is 2. The van der Waals surface area contributed by atoms with Crippen molar-refractivity contribution < 1.29 is 15.0 Å². The normalized spacial score (nSPS) is 10.8. The lowest BCUT2D eigenvalue weighted by Gasteiger charge is -2.03. The summed E-state index contributed by atoms with van der Waals surface area (Å²) in [4.78, 5) is 12.2. The third-order valence-corrected chi connectivity index (χ3v) is 2.70. The van der Waals surface area contributed by atoms with E-state index in [0.29, 0.717) is 5.56 Å². The number of Topliss-reactive ketones (excluding diaryl/α,β-unsaturated/α-hetero) is 1. The van der Waals surface area contributed by atoms with E-state index < -0.39 is 5.78 Å². The lowest BCUT2D eigenvalue weighted by molar-refractivity contribution is 0.103. The maximum atomic E-state index is 12.2. The van der Waals surface area contributed by atoms with E-state index in [4.69, 9.17) is 5.26 Å². The van der Waals surface area contributed by atoms with Crippen molar-refractivity contribution in [1.82, 2.24) is 0 Å². The molecule has 0 aliphatic carbocycles. The fourth-order valence-corrected chi connectivity index (χ4v) is 1.72. The maximum absolute atomic E-state index is 12.2. The van der Waals surface area contributed by atoms with Crippen LogP contribution >= 0.6 is 0 Å². The highest BCUT2D eigenvalue weighted by molar-refractivity contribution is 6.15. The van der Waals surface area contributed by atoms with Crippen LogP contribution in [0.15, 0.2) is 54.1 Å². The molecule has 2 rings (SSSR count). The van der Waals surface area contributed by atoms with Gasteiger partial charge in [0.05, 0.1) is 5.56 Å². The van der Waals surface area contributed by atoms with E-state index >= 15 is 0 Å². The van der Waals surface area contributed by atoms with Gasteiger partial charge in [0.2, 0.25) is 5.78 Å². The minimum Gasteiger partial charge on any atom is -0.508 e. The first-order valence-electron chi connectivity index (χ1n) is 5.85. The Balaban J connectivity index is 2.43. The minimum atomic E-state index is -0.634. The molecule has 0 fully saturated rings. The van der Waals surface area contributed by atoms with E-state index in [9.17, 15) is 15.0 Å². The van der Waals surface area contributed by atoms with Crippen LogP contribution < -0.4 is 0 Å². The van der Waals surface area contributed by atoms with Gasteiger partial charge in [-0.05, 0) is 29.8 Å². The van der Waals surface area contributed by atoms with Crippen LogP contribution in [0.2, 0.25) is 0 Å². The fraction of sp³-hybridized carbons (Fsp3) is 0. The van der Waals surface area contributed by atoms with Crippen LogP contribution in [0.25, 0.3) is 6.08 Å². The first-order valence-corrected chi connectivity index (χ1v) is 5.85. The van der Waals surface area contributed by atoms with Crippen molar-refractivity contribution in [2.75, 3.05) is 0 Å². The second-order valence-electron chi connectivity index (χ2n) is 4.11. The molecule has 4 heteroatoms. The molecular weight excluding hydrogens is 254 g/mol. The third kappa shape index (κ3) is 2.85. The first-order chi connectivity index (χ1) is 9.61. The molecule has 0 heterocycles. The van der Waals surface area contributed by atoms with Crippen molar-refractivity contribution in [3.05, 3.63) is 65.2 Å². The van der Waals surface area contributed by atoms with Gasteiger partial charge in [-0.3, -0.25) is 4.79 Å². The molecular formula is C16H11NO3. The molecule has 2 aromatic carbocycles. The number of hydrogen-bond acceptors (Lipinski definition) is 4. The van der Waals surface area contributed by atoms with Gasteiger partial charge in [0.25, 0.3) is 0 Å². The minimum absolute atomic E-state index is 0.103. The molecule has 0 atom stereocenters. The van der Waals surface area contributed by atoms with E-state index in [0.717, 1.165) is 6.07 Å². The summed E-state index contributed by atoms with van der Waals surface area (Å²) in [7, 11) is 0. The van der Waals surface area contributed by atoms with Crippen LogP contribution in [0.1, 0.15) is 15.9 Å². The molecule has 2 aromatic rings. The van der Waals surface area contributed by atoms with Crippen molar-refractivity contribution in [3.8, 4) is 17.6 Å². The first kappa shape index (κ1) is 13.4. The maximum Gasteiger partial charge on any atom is 0.207 e. The van der Waals surface area contributed by atoms with Gasteiger partial charge in [-0.1, -0.05) is 30.3 Å². The highest BCUT2D eigenvalue weighted by atomic mass is 16.3. The molecule has 0 unspecified atom stereocenters. The Labute approximate surface area is 115 Å². The number of nitriles is 1. The van der Waals surface area contributed by atoms with Gasteiger partial charge in [-0.2, -0.15) is 5.26 Å². The Kier molecular flexibility index (Phi) is 3.82.